The molecule has 5 nitrogen and oxygen atoms in total. The van der Waals surface area contributed by atoms with Crippen LogP contribution in [-0.4, -0.2) is 26.4 Å². The number of hydrogen-bond acceptors (Lipinski definition) is 4. The van der Waals surface area contributed by atoms with Crippen LogP contribution < -0.4 is 42.8 Å². The minimum Gasteiger partial charge on any atom is -1.00 e. The zero-order chi connectivity index (χ0) is 25.3. The largest absolute Gasteiger partial charge is 1.00 e. The zero-order valence-corrected chi connectivity index (χ0v) is 24.1. The van der Waals surface area contributed by atoms with Crippen LogP contribution >= 0.6 is 0 Å². The molecule has 3 aromatic carbocycles. The number of fused-ring (bicyclic) bond motifs is 1. The van der Waals surface area contributed by atoms with E-state index in [1.165, 1.54) is 5.56 Å². The molecule has 4 aromatic rings. The Morgan fingerprint density at radius 2 is 1.44 bits per heavy atom. The summed E-state index contributed by atoms with van der Waals surface area (Å²) in [5.41, 5.74) is 7.14. The first-order valence-corrected chi connectivity index (χ1v) is 11.7. The molecule has 0 aliphatic heterocycles. The molecule has 1 heterocycles. The fraction of sp³-hybridized carbons (Fsp3) is 0.300. The van der Waals surface area contributed by atoms with E-state index >= 15 is 0 Å². The summed E-state index contributed by atoms with van der Waals surface area (Å²) < 4.78 is 19.2. The third kappa shape index (κ3) is 5.15. The monoisotopic (exact) mass is 599 g/mol. The van der Waals surface area contributed by atoms with Crippen LogP contribution in [0.1, 0.15) is 31.9 Å². The number of methoxy groups -OCH3 is 3. The van der Waals surface area contributed by atoms with Gasteiger partial charge in [0.15, 0.2) is 23.4 Å². The van der Waals surface area contributed by atoms with Crippen molar-refractivity contribution in [2.45, 2.75) is 32.8 Å². The lowest BCUT2D eigenvalue weighted by Crippen LogP contribution is -3.00. The van der Waals surface area contributed by atoms with Gasteiger partial charge in [-0.2, -0.15) is 4.57 Å². The van der Waals surface area contributed by atoms with Crippen LogP contribution in [0.3, 0.4) is 0 Å². The summed E-state index contributed by atoms with van der Waals surface area (Å²) in [5.74, 6) is 2.07. The topological polar surface area (TPSA) is 51.8 Å². The number of nitrogens with zero attached hydrogens (tertiary/aromatic N) is 1. The van der Waals surface area contributed by atoms with Gasteiger partial charge in [0.1, 0.15) is 7.05 Å². The van der Waals surface area contributed by atoms with Crippen molar-refractivity contribution in [3.63, 3.8) is 0 Å². The molecule has 36 heavy (non-hydrogen) atoms. The van der Waals surface area contributed by atoms with E-state index in [2.05, 4.69) is 63.4 Å². The van der Waals surface area contributed by atoms with Crippen LogP contribution in [0.5, 0.6) is 17.2 Å². The van der Waals surface area contributed by atoms with E-state index in [1.54, 1.807) is 21.3 Å². The highest BCUT2D eigenvalue weighted by Crippen LogP contribution is 2.42. The highest BCUT2D eigenvalue weighted by atomic mass is 127. The maximum absolute atomic E-state index is 9.72. The van der Waals surface area contributed by atoms with Crippen LogP contribution in [0.2, 0.25) is 0 Å². The van der Waals surface area contributed by atoms with Crippen LogP contribution in [0.25, 0.3) is 33.2 Å². The normalized spacial score (nSPS) is 11.2. The Balaban J connectivity index is 0.00000361. The molecular formula is C30H34INO4. The first-order chi connectivity index (χ1) is 16.7. The molecule has 1 aromatic heterocycles. The van der Waals surface area contributed by atoms with E-state index < -0.39 is 0 Å². The Morgan fingerprint density at radius 3 is 2.00 bits per heavy atom. The van der Waals surface area contributed by atoms with Gasteiger partial charge in [0, 0.05) is 16.7 Å². The predicted octanol–water partition coefficient (Wildman–Crippen LogP) is 2.82. The Kier molecular flexibility index (Phi) is 8.52. The minimum absolute atomic E-state index is 0. The molecule has 4 rings (SSSR count). The maximum Gasteiger partial charge on any atom is 0.255 e. The highest BCUT2D eigenvalue weighted by Gasteiger charge is 2.21. The highest BCUT2D eigenvalue weighted by molar-refractivity contribution is 5.88. The van der Waals surface area contributed by atoms with Crippen molar-refractivity contribution in [2.75, 3.05) is 21.3 Å². The van der Waals surface area contributed by atoms with Gasteiger partial charge in [-0.1, -0.05) is 51.1 Å². The SMILES string of the molecule is COc1cc(-c2cc3ccc(CO)c(OC)c3[n+](C)c2)cc(-c2ccc(C(C)(C)C)cc2)c1OC.[I-]. The number of hydrogen-bond donors (Lipinski definition) is 1. The van der Waals surface area contributed by atoms with E-state index in [0.29, 0.717) is 17.2 Å². The lowest BCUT2D eigenvalue weighted by molar-refractivity contribution is -0.644. The predicted molar refractivity (Wildman–Crippen MR) is 140 cm³/mol. The molecule has 0 spiro atoms. The molecule has 190 valence electrons. The van der Waals surface area contributed by atoms with E-state index in [4.69, 9.17) is 14.2 Å². The van der Waals surface area contributed by atoms with Crippen molar-refractivity contribution in [1.82, 2.24) is 0 Å². The molecule has 0 radical (unpaired) electrons. The van der Waals surface area contributed by atoms with Crippen LogP contribution in [0.4, 0.5) is 0 Å². The van der Waals surface area contributed by atoms with Gasteiger partial charge in [0.2, 0.25) is 0 Å². The second-order valence-corrected chi connectivity index (χ2v) is 9.78. The lowest BCUT2D eigenvalue weighted by Gasteiger charge is -2.20. The van der Waals surface area contributed by atoms with Crippen LogP contribution in [-0.2, 0) is 19.1 Å². The Bertz CT molecular complexity index is 1380. The molecule has 0 unspecified atom stereocenters. The number of pyridine rings is 1. The minimum atomic E-state index is -0.0755. The summed E-state index contributed by atoms with van der Waals surface area (Å²) in [6.45, 7) is 6.56. The summed E-state index contributed by atoms with van der Waals surface area (Å²) in [6, 6.07) is 18.8. The standard InChI is InChI=1S/C30H34NO4.HI/c1-30(2,3)24-12-10-19(11-13-24)25-15-22(16-26(33-5)29(25)35-7)23-14-20-8-9-21(18-32)28(34-6)27(20)31(4)17-23;/h8-17,32H,18H2,1-7H3;1H/q+1;/p-1. The second kappa shape index (κ2) is 11.0. The van der Waals surface area contributed by atoms with Crippen molar-refractivity contribution in [2.24, 2.45) is 7.05 Å². The van der Waals surface area contributed by atoms with Gasteiger partial charge in [-0.25, -0.2) is 0 Å². The molecule has 0 atom stereocenters. The number of benzene rings is 3. The summed E-state index contributed by atoms with van der Waals surface area (Å²) >= 11 is 0. The van der Waals surface area contributed by atoms with Gasteiger partial charge in [0.05, 0.1) is 33.3 Å². The molecule has 0 saturated carbocycles. The van der Waals surface area contributed by atoms with Gasteiger partial charge in [0.25, 0.3) is 5.52 Å². The number of halogens is 1. The lowest BCUT2D eigenvalue weighted by atomic mass is 9.86. The maximum atomic E-state index is 9.72. The number of ether oxygens (including phenoxy) is 3. The van der Waals surface area contributed by atoms with Gasteiger partial charge < -0.3 is 43.3 Å². The van der Waals surface area contributed by atoms with Gasteiger partial charge in [-0.05, 0) is 46.4 Å². The number of aromatic nitrogens is 1. The zero-order valence-electron chi connectivity index (χ0n) is 22.0. The van der Waals surface area contributed by atoms with Gasteiger partial charge >= 0.3 is 0 Å². The summed E-state index contributed by atoms with van der Waals surface area (Å²) in [5, 5.41) is 10.7. The second-order valence-electron chi connectivity index (χ2n) is 9.78. The van der Waals surface area contributed by atoms with E-state index in [0.717, 1.165) is 38.7 Å². The number of rotatable bonds is 6. The average Bonchev–Trinajstić information content (AvgIpc) is 2.86. The Morgan fingerprint density at radius 1 is 0.778 bits per heavy atom. The molecule has 0 aliphatic carbocycles. The van der Waals surface area contributed by atoms with E-state index in [1.807, 2.05) is 29.8 Å². The number of aliphatic hydroxyl groups is 1. The first-order valence-electron chi connectivity index (χ1n) is 11.7. The van der Waals surface area contributed by atoms with E-state index in [-0.39, 0.29) is 36.0 Å². The molecular weight excluding hydrogens is 565 g/mol. The quantitative estimate of drug-likeness (QED) is 0.274. The van der Waals surface area contributed by atoms with Gasteiger partial charge in [-0.3, -0.25) is 0 Å². The molecule has 0 fully saturated rings. The number of aryl methyl sites for hydroxylation is 1. The molecule has 0 aliphatic rings. The van der Waals surface area contributed by atoms with E-state index in [9.17, 15) is 5.11 Å². The first kappa shape index (κ1) is 27.7. The molecule has 6 heteroatoms. The van der Waals surface area contributed by atoms with Crippen molar-refractivity contribution < 1.29 is 47.9 Å². The van der Waals surface area contributed by atoms with Crippen molar-refractivity contribution in [3.05, 3.63) is 71.9 Å². The van der Waals surface area contributed by atoms with Crippen LogP contribution in [0, 0.1) is 0 Å². The Hall–Kier alpha value is -2.84. The smallest absolute Gasteiger partial charge is 0.255 e. The molecule has 0 saturated heterocycles. The molecule has 0 amide bonds. The van der Waals surface area contributed by atoms with Gasteiger partial charge in [-0.15, -0.1) is 0 Å². The molecule has 0 bridgehead atoms. The van der Waals surface area contributed by atoms with Crippen molar-refractivity contribution in [1.29, 1.82) is 0 Å². The fourth-order valence-electron chi connectivity index (χ4n) is 4.59. The fourth-order valence-corrected chi connectivity index (χ4v) is 4.59. The number of aliphatic hydroxyl groups excluding tert-OH is 1. The van der Waals surface area contributed by atoms with Crippen molar-refractivity contribution in [3.8, 4) is 39.5 Å². The summed E-state index contributed by atoms with van der Waals surface area (Å²) in [6.07, 6.45) is 2.07. The average molecular weight is 600 g/mol. The summed E-state index contributed by atoms with van der Waals surface area (Å²) in [7, 11) is 6.96. The third-order valence-corrected chi connectivity index (χ3v) is 6.49. The third-order valence-electron chi connectivity index (χ3n) is 6.49. The summed E-state index contributed by atoms with van der Waals surface area (Å²) in [4.78, 5) is 0. The Labute approximate surface area is 230 Å². The molecule has 1 N–H and O–H groups in total. The van der Waals surface area contributed by atoms with Crippen molar-refractivity contribution >= 4 is 10.9 Å². The van der Waals surface area contributed by atoms with Crippen LogP contribution in [0.15, 0.2) is 60.8 Å².